The van der Waals surface area contributed by atoms with E-state index in [9.17, 15) is 9.59 Å². The molecule has 1 saturated heterocycles. The summed E-state index contributed by atoms with van der Waals surface area (Å²) in [6.07, 6.45) is 3.32. The Morgan fingerprint density at radius 2 is 1.90 bits per heavy atom. The molecule has 4 N–H and O–H groups in total. The highest BCUT2D eigenvalue weighted by molar-refractivity contribution is 6.29. The van der Waals surface area contributed by atoms with Crippen molar-refractivity contribution in [2.24, 2.45) is 5.73 Å². The third-order valence-electron chi connectivity index (χ3n) is 5.58. The predicted molar refractivity (Wildman–Crippen MR) is 115 cm³/mol. The Balaban J connectivity index is 1.65. The first kappa shape index (κ1) is 21.2. The SMILES string of the molecule is CCc1c(C)[nH]c(C(=O)NC2CCN(c3cc(C(N)=O)cc(Cl)n3)CC2)c1CC. The zero-order valence-electron chi connectivity index (χ0n) is 17.1. The van der Waals surface area contributed by atoms with Gasteiger partial charge < -0.3 is 20.9 Å². The Morgan fingerprint density at radius 3 is 2.48 bits per heavy atom. The summed E-state index contributed by atoms with van der Waals surface area (Å²) < 4.78 is 0. The number of rotatable bonds is 6. The van der Waals surface area contributed by atoms with Gasteiger partial charge in [-0.15, -0.1) is 0 Å². The molecule has 1 fully saturated rings. The molecular weight excluding hydrogens is 390 g/mol. The molecule has 1 aliphatic heterocycles. The lowest BCUT2D eigenvalue weighted by molar-refractivity contribution is 0.0924. The number of piperidine rings is 1. The molecule has 2 amide bonds. The van der Waals surface area contributed by atoms with E-state index in [2.05, 4.69) is 34.0 Å². The first-order valence-electron chi connectivity index (χ1n) is 10.1. The number of carbonyl (C=O) groups excluding carboxylic acids is 2. The fourth-order valence-corrected chi connectivity index (χ4v) is 4.28. The number of carbonyl (C=O) groups is 2. The smallest absolute Gasteiger partial charge is 0.268 e. The number of anilines is 1. The number of nitrogens with two attached hydrogens (primary N) is 1. The molecule has 3 heterocycles. The van der Waals surface area contributed by atoms with Gasteiger partial charge in [0.25, 0.3) is 5.91 Å². The lowest BCUT2D eigenvalue weighted by Gasteiger charge is -2.33. The third-order valence-corrected chi connectivity index (χ3v) is 5.78. The van der Waals surface area contributed by atoms with Crippen LogP contribution < -0.4 is 16.0 Å². The van der Waals surface area contributed by atoms with Gasteiger partial charge in [-0.1, -0.05) is 25.4 Å². The standard InChI is InChI=1S/C21H28ClN5O2/c1-4-15-12(3)24-19(16(15)5-2)21(29)25-14-6-8-27(9-7-14)18-11-13(20(23)28)10-17(22)26-18/h10-11,14,24H,4-9H2,1-3H3,(H2,23,28)(H,25,29). The molecule has 3 rings (SSSR count). The van der Waals surface area contributed by atoms with Crippen molar-refractivity contribution in [1.82, 2.24) is 15.3 Å². The number of hydrogen-bond acceptors (Lipinski definition) is 4. The Labute approximate surface area is 176 Å². The summed E-state index contributed by atoms with van der Waals surface area (Å²) in [4.78, 5) is 34.0. The van der Waals surface area contributed by atoms with Crippen molar-refractivity contribution in [3.8, 4) is 0 Å². The highest BCUT2D eigenvalue weighted by Gasteiger charge is 2.25. The van der Waals surface area contributed by atoms with Crippen molar-refractivity contribution in [2.45, 2.75) is 52.5 Å². The molecule has 0 saturated carbocycles. The van der Waals surface area contributed by atoms with Crippen LogP contribution in [0.25, 0.3) is 0 Å². The highest BCUT2D eigenvalue weighted by atomic mass is 35.5. The van der Waals surface area contributed by atoms with Crippen LogP contribution in [0.15, 0.2) is 12.1 Å². The molecule has 0 atom stereocenters. The van der Waals surface area contributed by atoms with E-state index in [1.807, 2.05) is 6.92 Å². The van der Waals surface area contributed by atoms with Crippen LogP contribution in [0.4, 0.5) is 5.82 Å². The monoisotopic (exact) mass is 417 g/mol. The number of amides is 2. The minimum Gasteiger partial charge on any atom is -0.366 e. The van der Waals surface area contributed by atoms with Crippen LogP contribution in [0, 0.1) is 6.92 Å². The Morgan fingerprint density at radius 1 is 1.24 bits per heavy atom. The summed E-state index contributed by atoms with van der Waals surface area (Å²) in [6.45, 7) is 7.63. The molecule has 0 bridgehead atoms. The van der Waals surface area contributed by atoms with Gasteiger partial charge in [0.15, 0.2) is 0 Å². The van der Waals surface area contributed by atoms with Gasteiger partial charge in [0.1, 0.15) is 16.7 Å². The summed E-state index contributed by atoms with van der Waals surface area (Å²) in [5, 5.41) is 3.41. The van der Waals surface area contributed by atoms with E-state index >= 15 is 0 Å². The summed E-state index contributed by atoms with van der Waals surface area (Å²) in [6, 6.07) is 3.22. The van der Waals surface area contributed by atoms with Crippen LogP contribution in [0.5, 0.6) is 0 Å². The number of aryl methyl sites for hydroxylation is 1. The number of aromatic amines is 1. The second kappa shape index (κ2) is 8.86. The molecule has 29 heavy (non-hydrogen) atoms. The molecule has 8 heteroatoms. The fourth-order valence-electron chi connectivity index (χ4n) is 4.08. The molecular formula is C21H28ClN5O2. The second-order valence-electron chi connectivity index (χ2n) is 7.42. The maximum absolute atomic E-state index is 12.9. The number of nitrogens with zero attached hydrogens (tertiary/aromatic N) is 2. The summed E-state index contributed by atoms with van der Waals surface area (Å²) in [5.41, 5.74) is 9.82. The molecule has 0 aromatic carbocycles. The minimum atomic E-state index is -0.530. The minimum absolute atomic E-state index is 0.0417. The van der Waals surface area contributed by atoms with Gasteiger partial charge in [-0.2, -0.15) is 0 Å². The largest absolute Gasteiger partial charge is 0.366 e. The topological polar surface area (TPSA) is 104 Å². The maximum Gasteiger partial charge on any atom is 0.268 e. The lowest BCUT2D eigenvalue weighted by atomic mass is 10.0. The molecule has 2 aromatic rings. The van der Waals surface area contributed by atoms with Gasteiger partial charge in [0.2, 0.25) is 5.91 Å². The molecule has 7 nitrogen and oxygen atoms in total. The maximum atomic E-state index is 12.9. The van der Waals surface area contributed by atoms with E-state index in [1.165, 1.54) is 11.6 Å². The van der Waals surface area contributed by atoms with E-state index in [1.54, 1.807) is 6.07 Å². The van der Waals surface area contributed by atoms with Crippen LogP contribution in [0.3, 0.4) is 0 Å². The van der Waals surface area contributed by atoms with Gasteiger partial charge >= 0.3 is 0 Å². The summed E-state index contributed by atoms with van der Waals surface area (Å²) in [7, 11) is 0. The van der Waals surface area contributed by atoms with Crippen LogP contribution in [-0.2, 0) is 12.8 Å². The first-order chi connectivity index (χ1) is 13.8. The van der Waals surface area contributed by atoms with Crippen molar-refractivity contribution >= 4 is 29.2 Å². The van der Waals surface area contributed by atoms with E-state index in [4.69, 9.17) is 17.3 Å². The fraction of sp³-hybridized carbons (Fsp3) is 0.476. The number of pyridine rings is 1. The predicted octanol–water partition coefficient (Wildman–Crippen LogP) is 2.99. The molecule has 156 valence electrons. The average Bonchev–Trinajstić information content (AvgIpc) is 3.03. The van der Waals surface area contributed by atoms with E-state index < -0.39 is 5.91 Å². The van der Waals surface area contributed by atoms with Gasteiger partial charge in [-0.25, -0.2) is 4.98 Å². The number of primary amides is 1. The van der Waals surface area contributed by atoms with Crippen LogP contribution in [-0.4, -0.2) is 40.9 Å². The van der Waals surface area contributed by atoms with E-state index in [0.29, 0.717) is 30.2 Å². The Hall–Kier alpha value is -2.54. The van der Waals surface area contributed by atoms with Crippen molar-refractivity contribution in [3.05, 3.63) is 45.4 Å². The summed E-state index contributed by atoms with van der Waals surface area (Å²) >= 11 is 6.03. The average molecular weight is 418 g/mol. The Kier molecular flexibility index (Phi) is 6.47. The van der Waals surface area contributed by atoms with Gasteiger partial charge in [-0.3, -0.25) is 9.59 Å². The van der Waals surface area contributed by atoms with Gasteiger partial charge in [0.05, 0.1) is 0 Å². The van der Waals surface area contributed by atoms with Crippen molar-refractivity contribution in [2.75, 3.05) is 18.0 Å². The number of H-pyrrole nitrogens is 1. The first-order valence-corrected chi connectivity index (χ1v) is 10.4. The highest BCUT2D eigenvalue weighted by Crippen LogP contribution is 2.23. The lowest BCUT2D eigenvalue weighted by Crippen LogP contribution is -2.45. The Bertz CT molecular complexity index is 916. The third kappa shape index (κ3) is 4.56. The number of halogens is 1. The second-order valence-corrected chi connectivity index (χ2v) is 7.81. The van der Waals surface area contributed by atoms with Crippen molar-refractivity contribution in [3.63, 3.8) is 0 Å². The molecule has 0 unspecified atom stereocenters. The van der Waals surface area contributed by atoms with Gasteiger partial charge in [-0.05, 0) is 55.9 Å². The van der Waals surface area contributed by atoms with Crippen molar-refractivity contribution < 1.29 is 9.59 Å². The quantitative estimate of drug-likeness (QED) is 0.628. The zero-order valence-corrected chi connectivity index (χ0v) is 17.9. The molecule has 2 aromatic heterocycles. The summed E-state index contributed by atoms with van der Waals surface area (Å²) in [5.74, 6) is 0.0639. The molecule has 0 spiro atoms. The van der Waals surface area contributed by atoms with Crippen LogP contribution in [0.1, 0.15) is 64.4 Å². The van der Waals surface area contributed by atoms with E-state index in [-0.39, 0.29) is 17.1 Å². The number of aromatic nitrogens is 2. The van der Waals surface area contributed by atoms with E-state index in [0.717, 1.165) is 36.9 Å². The molecule has 0 aliphatic carbocycles. The number of hydrogen-bond donors (Lipinski definition) is 3. The normalized spacial score (nSPS) is 14.8. The van der Waals surface area contributed by atoms with Gasteiger partial charge in [0, 0.05) is 30.4 Å². The van der Waals surface area contributed by atoms with Crippen LogP contribution in [0.2, 0.25) is 5.15 Å². The zero-order chi connectivity index (χ0) is 21.1. The number of nitrogens with one attached hydrogen (secondary N) is 2. The molecule has 0 radical (unpaired) electrons. The van der Waals surface area contributed by atoms with Crippen LogP contribution >= 0.6 is 11.6 Å². The molecule has 1 aliphatic rings. The van der Waals surface area contributed by atoms with Crippen molar-refractivity contribution in [1.29, 1.82) is 0 Å².